The molecule has 38 nitrogen and oxygen atoms in total. The Morgan fingerprint density at radius 3 is 1.14 bits per heavy atom. The van der Waals surface area contributed by atoms with E-state index in [1.54, 1.807) is 13.8 Å². The number of aliphatic hydroxyl groups is 3. The van der Waals surface area contributed by atoms with Crippen molar-refractivity contribution in [2.75, 3.05) is 78.7 Å². The van der Waals surface area contributed by atoms with Crippen LogP contribution in [0.2, 0.25) is 0 Å². The van der Waals surface area contributed by atoms with Gasteiger partial charge in [-0.25, -0.2) is 9.78 Å². The van der Waals surface area contributed by atoms with Crippen molar-refractivity contribution in [1.82, 2.24) is 84.4 Å². The number of aromatic amines is 1. The Balaban J connectivity index is 2.54. The van der Waals surface area contributed by atoms with Crippen LogP contribution >= 0.6 is 0 Å². The fraction of sp³-hybridized carbons (Fsp3) is 0.558. The highest BCUT2D eigenvalue weighted by molar-refractivity contribution is 5.98. The maximum atomic E-state index is 13.1. The van der Waals surface area contributed by atoms with Crippen LogP contribution in [0.1, 0.15) is 32.4 Å². The molecule has 0 aliphatic rings. The lowest BCUT2D eigenvalue weighted by Crippen LogP contribution is -2.57. The molecular formula is C43H67N17O21. The molecule has 0 aliphatic carbocycles. The zero-order valence-electron chi connectivity index (χ0n) is 43.6. The van der Waals surface area contributed by atoms with Crippen LogP contribution in [-0.2, 0) is 83.1 Å². The molecule has 1 heterocycles. The third-order valence-electron chi connectivity index (χ3n) is 10.2. The second-order valence-electron chi connectivity index (χ2n) is 17.2. The van der Waals surface area contributed by atoms with Crippen molar-refractivity contribution in [2.24, 2.45) is 11.7 Å². The average molecular weight is 1160 g/mol. The number of amides is 14. The number of carbonyl (C=O) groups excluding carboxylic acids is 14. The van der Waals surface area contributed by atoms with E-state index in [-0.39, 0.29) is 18.8 Å². The lowest BCUT2D eigenvalue weighted by molar-refractivity contribution is -0.142. The fourth-order valence-electron chi connectivity index (χ4n) is 6.10. The molecule has 450 valence electrons. The zero-order chi connectivity index (χ0) is 61.2. The van der Waals surface area contributed by atoms with Crippen LogP contribution in [0, 0.1) is 5.92 Å². The first-order valence-corrected chi connectivity index (χ1v) is 24.1. The van der Waals surface area contributed by atoms with E-state index in [9.17, 15) is 102 Å². The molecule has 1 aromatic heterocycles. The number of carbonyl (C=O) groups is 16. The van der Waals surface area contributed by atoms with Gasteiger partial charge in [-0.05, 0) is 12.3 Å². The maximum Gasteiger partial charge on any atom is 0.326 e. The third kappa shape index (κ3) is 29.8. The lowest BCUT2D eigenvalue weighted by Gasteiger charge is -2.23. The minimum absolute atomic E-state index is 0.0277. The van der Waals surface area contributed by atoms with Gasteiger partial charge in [0.05, 0.1) is 91.5 Å². The van der Waals surface area contributed by atoms with E-state index >= 15 is 0 Å². The maximum absolute atomic E-state index is 13.1. The number of nitrogens with two attached hydrogens (primary N) is 1. The molecule has 0 aromatic carbocycles. The predicted molar refractivity (Wildman–Crippen MR) is 268 cm³/mol. The molecule has 0 unspecified atom stereocenters. The summed E-state index contributed by atoms with van der Waals surface area (Å²) in [5.41, 5.74) is 5.49. The van der Waals surface area contributed by atoms with Crippen LogP contribution in [0.4, 0.5) is 0 Å². The number of aromatic nitrogens is 2. The molecule has 0 saturated carbocycles. The highest BCUT2D eigenvalue weighted by Crippen LogP contribution is 2.07. The number of H-pyrrole nitrogens is 1. The summed E-state index contributed by atoms with van der Waals surface area (Å²) in [5, 5.41) is 77.4. The molecule has 1 aromatic rings. The Kier molecular flexibility index (Phi) is 32.1. The highest BCUT2D eigenvalue weighted by atomic mass is 16.4. The van der Waals surface area contributed by atoms with Crippen molar-refractivity contribution < 1.29 is 102 Å². The molecule has 0 saturated heterocycles. The van der Waals surface area contributed by atoms with E-state index in [4.69, 9.17) is 5.73 Å². The molecule has 0 spiro atoms. The van der Waals surface area contributed by atoms with Gasteiger partial charge in [-0.1, -0.05) is 13.8 Å². The van der Waals surface area contributed by atoms with Crippen molar-refractivity contribution in [3.05, 3.63) is 18.2 Å². The van der Waals surface area contributed by atoms with Gasteiger partial charge in [0.1, 0.15) is 36.3 Å². The molecule has 0 fully saturated rings. The molecule has 6 atom stereocenters. The molecular weight excluding hydrogens is 1090 g/mol. The monoisotopic (exact) mass is 1160 g/mol. The van der Waals surface area contributed by atoms with Gasteiger partial charge in [0, 0.05) is 18.3 Å². The molecule has 22 N–H and O–H groups in total. The van der Waals surface area contributed by atoms with Crippen molar-refractivity contribution >= 4 is 94.6 Å². The van der Waals surface area contributed by atoms with Gasteiger partial charge in [0.15, 0.2) is 0 Å². The SMILES string of the molecule is CC(C)C[C@H](NC(=O)CNC(=O)[C@H](CC(=O)O)NC(=O)[C@H](CO)NC(=O)CNC(=O)CNC(=O)CNC(=O)[C@H](CO)NC(=O)CNC(=O)CNC(=O)CNC(=O)[C@H](CO)NC(=O)CNC(=O)CN)C(=O)N[C@@H](Cc1cnc[nH]1)C(=O)O. The van der Waals surface area contributed by atoms with Gasteiger partial charge in [0.25, 0.3) is 0 Å². The van der Waals surface area contributed by atoms with Crippen molar-refractivity contribution in [2.45, 2.75) is 69.4 Å². The average Bonchev–Trinajstić information content (AvgIpc) is 3.94. The van der Waals surface area contributed by atoms with Gasteiger partial charge >= 0.3 is 11.9 Å². The Morgan fingerprint density at radius 1 is 0.444 bits per heavy atom. The first-order valence-electron chi connectivity index (χ1n) is 24.1. The predicted octanol–water partition coefficient (Wildman–Crippen LogP) is -13.7. The van der Waals surface area contributed by atoms with Crippen molar-refractivity contribution in [3.63, 3.8) is 0 Å². The minimum Gasteiger partial charge on any atom is -0.481 e. The number of rotatable bonds is 38. The number of nitrogens with one attached hydrogen (secondary N) is 15. The van der Waals surface area contributed by atoms with Crippen molar-refractivity contribution in [1.29, 1.82) is 0 Å². The number of aliphatic hydroxyl groups excluding tert-OH is 3. The van der Waals surface area contributed by atoms with E-state index in [0.717, 1.165) is 0 Å². The number of carboxylic acids is 2. The quantitative estimate of drug-likeness (QED) is 0.0292. The van der Waals surface area contributed by atoms with Crippen LogP contribution in [0.25, 0.3) is 0 Å². The van der Waals surface area contributed by atoms with Gasteiger partial charge in [-0.15, -0.1) is 0 Å². The largest absolute Gasteiger partial charge is 0.481 e. The zero-order valence-corrected chi connectivity index (χ0v) is 43.6. The van der Waals surface area contributed by atoms with E-state index in [1.165, 1.54) is 12.5 Å². The summed E-state index contributed by atoms with van der Waals surface area (Å²) in [6.45, 7) is -6.07. The van der Waals surface area contributed by atoms with Crippen LogP contribution < -0.4 is 80.2 Å². The molecule has 81 heavy (non-hydrogen) atoms. The van der Waals surface area contributed by atoms with Crippen LogP contribution in [0.3, 0.4) is 0 Å². The Hall–Kier alpha value is -9.43. The molecule has 14 amide bonds. The number of imidazole rings is 1. The minimum atomic E-state index is -1.90. The van der Waals surface area contributed by atoms with Gasteiger partial charge in [-0.3, -0.25) is 71.9 Å². The third-order valence-corrected chi connectivity index (χ3v) is 10.2. The standard InChI is InChI=1S/C43H67N17O21/c1-20(2)3-22(41(78)60-24(43(80)81)4-21-7-45-19-54-21)55-36(72)15-53-38(75)23(5-37(73)74)59-42(79)27(18-63)58-35(71)14-50-30(66)9-48-32(68)11-52-40(77)26(17-62)57-34(70)13-49-29(65)8-47-31(67)10-51-39(76)25(16-61)56-33(69)12-46-28(64)6-44/h7,19-20,22-27,61-63H,3-6,8-18,44H2,1-2H3,(H,45,54)(H,46,64)(H,47,67)(H,48,68)(H,49,65)(H,50,66)(H,51,76)(H,52,77)(H,53,75)(H,55,72)(H,56,69)(H,57,70)(H,58,71)(H,59,79)(H,60,78)(H,73,74)(H,80,81)/t22-,23-,24-,25-,26-,27-/m0/s1. The van der Waals surface area contributed by atoms with E-state index in [0.29, 0.717) is 5.69 Å². The summed E-state index contributed by atoms with van der Waals surface area (Å²) in [5.74, 6) is -17.1. The number of aliphatic carboxylic acids is 2. The summed E-state index contributed by atoms with van der Waals surface area (Å²) in [4.78, 5) is 203. The van der Waals surface area contributed by atoms with Crippen molar-refractivity contribution in [3.8, 4) is 0 Å². The second-order valence-corrected chi connectivity index (χ2v) is 17.2. The Bertz CT molecular complexity index is 2410. The molecule has 0 radical (unpaired) electrons. The molecule has 1 rings (SSSR count). The van der Waals surface area contributed by atoms with E-state index in [2.05, 4.69) is 73.8 Å². The number of hydrogen-bond acceptors (Lipinski definition) is 21. The normalized spacial score (nSPS) is 12.8. The highest BCUT2D eigenvalue weighted by Gasteiger charge is 2.31. The number of hydrogen-bond donors (Lipinski definition) is 21. The molecule has 38 heteroatoms. The first-order chi connectivity index (χ1) is 38.2. The summed E-state index contributed by atoms with van der Waals surface area (Å²) in [6, 6.07) is -9.60. The van der Waals surface area contributed by atoms with Crippen LogP contribution in [-0.4, -0.2) is 245 Å². The van der Waals surface area contributed by atoms with Gasteiger partial charge in [-0.2, -0.15) is 0 Å². The fourth-order valence-corrected chi connectivity index (χ4v) is 6.10. The summed E-state index contributed by atoms with van der Waals surface area (Å²) >= 11 is 0. The van der Waals surface area contributed by atoms with E-state index in [1.807, 2.05) is 10.6 Å². The number of nitrogens with zero attached hydrogens (tertiary/aromatic N) is 1. The summed E-state index contributed by atoms with van der Waals surface area (Å²) in [7, 11) is 0. The summed E-state index contributed by atoms with van der Waals surface area (Å²) in [6.07, 6.45) is 1.46. The van der Waals surface area contributed by atoms with Crippen LogP contribution in [0.5, 0.6) is 0 Å². The van der Waals surface area contributed by atoms with Gasteiger partial charge in [0.2, 0.25) is 82.7 Å². The molecule has 0 bridgehead atoms. The van der Waals surface area contributed by atoms with Crippen LogP contribution in [0.15, 0.2) is 12.5 Å². The van der Waals surface area contributed by atoms with Gasteiger partial charge < -0.3 is 111 Å². The lowest BCUT2D eigenvalue weighted by atomic mass is 10.0. The topological polar surface area (TPSA) is 597 Å². The van der Waals surface area contributed by atoms with E-state index < -0.39 is 216 Å². The first kappa shape index (κ1) is 69.6. The second kappa shape index (κ2) is 37.4. The smallest absolute Gasteiger partial charge is 0.326 e. The Morgan fingerprint density at radius 2 is 0.778 bits per heavy atom. The summed E-state index contributed by atoms with van der Waals surface area (Å²) < 4.78 is 0. The molecule has 0 aliphatic heterocycles. The Labute approximate surface area is 458 Å². The number of carboxylic acid groups (broad SMARTS) is 2.